The van der Waals surface area contributed by atoms with Crippen molar-refractivity contribution < 1.29 is 9.63 Å². The van der Waals surface area contributed by atoms with Crippen molar-refractivity contribution in [3.8, 4) is 5.75 Å². The standard InChI is InChI=1S/C10H7N2O2/c13-7-12-14-9-5-1-3-8-4-2-6-11-10(8)9/h1-6H,(H,12,13). The fraction of sp³-hybridized carbons (Fsp3) is 0. The smallest absolute Gasteiger partial charge is 0.344 e. The van der Waals surface area contributed by atoms with Gasteiger partial charge in [-0.25, -0.2) is 0 Å². The number of nitrogens with one attached hydrogen (secondary N) is 1. The van der Waals surface area contributed by atoms with Gasteiger partial charge < -0.3 is 4.84 Å². The summed E-state index contributed by atoms with van der Waals surface area (Å²) in [6, 6.07) is 9.22. The fourth-order valence-electron chi connectivity index (χ4n) is 1.23. The monoisotopic (exact) mass is 187 g/mol. The molecule has 0 saturated heterocycles. The molecule has 1 radical (unpaired) electrons. The first kappa shape index (κ1) is 8.50. The number of rotatable bonds is 3. The Morgan fingerprint density at radius 3 is 3.00 bits per heavy atom. The molecule has 4 heteroatoms. The van der Waals surface area contributed by atoms with Crippen molar-refractivity contribution >= 4 is 17.3 Å². The van der Waals surface area contributed by atoms with Gasteiger partial charge in [-0.2, -0.15) is 5.48 Å². The van der Waals surface area contributed by atoms with Crippen LogP contribution in [0.3, 0.4) is 0 Å². The van der Waals surface area contributed by atoms with E-state index in [2.05, 4.69) is 4.98 Å². The summed E-state index contributed by atoms with van der Waals surface area (Å²) in [7, 11) is 0. The molecule has 0 spiro atoms. The topological polar surface area (TPSA) is 51.2 Å². The highest BCUT2D eigenvalue weighted by molar-refractivity contribution is 5.84. The molecule has 0 aliphatic heterocycles. The number of hydrogen-bond acceptors (Lipinski definition) is 3. The van der Waals surface area contributed by atoms with E-state index in [1.54, 1.807) is 12.3 Å². The molecule has 1 aromatic carbocycles. The van der Waals surface area contributed by atoms with Crippen molar-refractivity contribution in [3.63, 3.8) is 0 Å². The summed E-state index contributed by atoms with van der Waals surface area (Å²) in [6.45, 7) is 0. The number of hydroxylamine groups is 1. The summed E-state index contributed by atoms with van der Waals surface area (Å²) < 4.78 is 0. The summed E-state index contributed by atoms with van der Waals surface area (Å²) in [6.07, 6.45) is 3.10. The molecule has 69 valence electrons. The lowest BCUT2D eigenvalue weighted by Gasteiger charge is -2.04. The van der Waals surface area contributed by atoms with Gasteiger partial charge in [0.1, 0.15) is 5.52 Å². The van der Waals surface area contributed by atoms with E-state index < -0.39 is 0 Å². The molecule has 1 aromatic heterocycles. The number of para-hydroxylation sites is 1. The van der Waals surface area contributed by atoms with Gasteiger partial charge in [0, 0.05) is 11.6 Å². The molecule has 2 rings (SSSR count). The van der Waals surface area contributed by atoms with Crippen molar-refractivity contribution in [2.24, 2.45) is 0 Å². The minimum atomic E-state index is 0.506. The van der Waals surface area contributed by atoms with Crippen LogP contribution in [-0.4, -0.2) is 11.4 Å². The Morgan fingerprint density at radius 1 is 1.29 bits per heavy atom. The summed E-state index contributed by atoms with van der Waals surface area (Å²) in [5.41, 5.74) is 2.72. The molecule has 0 fully saturated rings. The maximum atomic E-state index is 9.93. The molecule has 0 atom stereocenters. The molecule has 0 saturated carbocycles. The van der Waals surface area contributed by atoms with Crippen molar-refractivity contribution in [1.82, 2.24) is 10.5 Å². The van der Waals surface area contributed by atoms with Crippen LogP contribution in [0.5, 0.6) is 5.75 Å². The van der Waals surface area contributed by atoms with Gasteiger partial charge in [0.2, 0.25) is 0 Å². The molecule has 1 heterocycles. The van der Waals surface area contributed by atoms with Gasteiger partial charge in [-0.15, -0.1) is 0 Å². The van der Waals surface area contributed by atoms with Gasteiger partial charge in [0.25, 0.3) is 0 Å². The second-order valence-electron chi connectivity index (χ2n) is 2.64. The van der Waals surface area contributed by atoms with Crippen LogP contribution in [0.25, 0.3) is 10.9 Å². The maximum Gasteiger partial charge on any atom is 0.344 e. The summed E-state index contributed by atoms with van der Waals surface area (Å²) in [5, 5.41) is 0.956. The van der Waals surface area contributed by atoms with E-state index in [9.17, 15) is 4.79 Å². The first-order chi connectivity index (χ1) is 6.92. The van der Waals surface area contributed by atoms with Gasteiger partial charge in [-0.1, -0.05) is 18.2 Å². The van der Waals surface area contributed by atoms with E-state index in [4.69, 9.17) is 4.84 Å². The van der Waals surface area contributed by atoms with Crippen LogP contribution in [0.1, 0.15) is 0 Å². The third-order valence-electron chi connectivity index (χ3n) is 1.80. The highest BCUT2D eigenvalue weighted by Crippen LogP contribution is 2.21. The number of hydrogen-bond donors (Lipinski definition) is 1. The zero-order valence-corrected chi connectivity index (χ0v) is 7.23. The van der Waals surface area contributed by atoms with E-state index in [1.165, 1.54) is 6.41 Å². The maximum absolute atomic E-state index is 9.93. The minimum Gasteiger partial charge on any atom is -0.377 e. The first-order valence-electron chi connectivity index (χ1n) is 4.04. The lowest BCUT2D eigenvalue weighted by Crippen LogP contribution is -2.15. The van der Waals surface area contributed by atoms with Crippen molar-refractivity contribution in [1.29, 1.82) is 0 Å². The highest BCUT2D eigenvalue weighted by Gasteiger charge is 2.01. The van der Waals surface area contributed by atoms with Crippen molar-refractivity contribution in [2.75, 3.05) is 0 Å². The summed E-state index contributed by atoms with van der Waals surface area (Å²) in [5.74, 6) is 0.506. The molecule has 0 aliphatic carbocycles. The van der Waals surface area contributed by atoms with Gasteiger partial charge in [0.05, 0.1) is 0 Å². The predicted octanol–water partition coefficient (Wildman–Crippen LogP) is 1.19. The molecule has 14 heavy (non-hydrogen) atoms. The number of carbonyl (C=O) groups excluding carboxylic acids is 1. The fourth-order valence-corrected chi connectivity index (χ4v) is 1.23. The van der Waals surface area contributed by atoms with E-state index in [1.807, 2.05) is 29.7 Å². The summed E-state index contributed by atoms with van der Waals surface area (Å²) >= 11 is 0. The summed E-state index contributed by atoms with van der Waals surface area (Å²) in [4.78, 5) is 19.0. The number of benzene rings is 1. The van der Waals surface area contributed by atoms with Crippen molar-refractivity contribution in [3.05, 3.63) is 36.5 Å². The largest absolute Gasteiger partial charge is 0.377 e. The quantitative estimate of drug-likeness (QED) is 0.580. The average molecular weight is 187 g/mol. The Hall–Kier alpha value is -2.10. The normalized spacial score (nSPS) is 9.71. The molecule has 0 unspecified atom stereocenters. The SMILES string of the molecule is O=[C]NOc1cccc2cccnc12. The third kappa shape index (κ3) is 1.50. The molecule has 2 aromatic rings. The molecule has 0 bridgehead atoms. The van der Waals surface area contributed by atoms with E-state index >= 15 is 0 Å². The highest BCUT2D eigenvalue weighted by atomic mass is 16.7. The van der Waals surface area contributed by atoms with Crippen LogP contribution in [0.4, 0.5) is 0 Å². The second-order valence-corrected chi connectivity index (χ2v) is 2.64. The van der Waals surface area contributed by atoms with Crippen molar-refractivity contribution in [2.45, 2.75) is 0 Å². The Kier molecular flexibility index (Phi) is 2.27. The Balaban J connectivity index is 2.48. The lowest BCUT2D eigenvalue weighted by molar-refractivity contribution is 0.257. The van der Waals surface area contributed by atoms with Crippen LogP contribution >= 0.6 is 0 Å². The Morgan fingerprint density at radius 2 is 2.14 bits per heavy atom. The lowest BCUT2D eigenvalue weighted by atomic mass is 10.2. The van der Waals surface area contributed by atoms with Crippen LogP contribution in [0.15, 0.2) is 36.5 Å². The molecule has 4 nitrogen and oxygen atoms in total. The molecular weight excluding hydrogens is 180 g/mol. The van der Waals surface area contributed by atoms with Crippen LogP contribution < -0.4 is 10.3 Å². The van der Waals surface area contributed by atoms with E-state index in [0.29, 0.717) is 11.3 Å². The van der Waals surface area contributed by atoms with Crippen LogP contribution in [0, 0.1) is 0 Å². The third-order valence-corrected chi connectivity index (χ3v) is 1.80. The van der Waals surface area contributed by atoms with Gasteiger partial charge in [-0.3, -0.25) is 9.78 Å². The molecule has 0 aliphatic rings. The molecule has 1 amide bonds. The number of fused-ring (bicyclic) bond motifs is 1. The van der Waals surface area contributed by atoms with E-state index in [-0.39, 0.29) is 0 Å². The Bertz CT molecular complexity index is 451. The van der Waals surface area contributed by atoms with Crippen LogP contribution in [-0.2, 0) is 4.79 Å². The number of nitrogens with zero attached hydrogens (tertiary/aromatic N) is 1. The molecular formula is C10H7N2O2. The number of aromatic nitrogens is 1. The predicted molar refractivity (Wildman–Crippen MR) is 51.2 cm³/mol. The minimum absolute atomic E-state index is 0.506. The van der Waals surface area contributed by atoms with Gasteiger partial charge >= 0.3 is 6.41 Å². The Labute approximate surface area is 80.5 Å². The number of pyridine rings is 1. The molecule has 1 N–H and O–H groups in total. The zero-order chi connectivity index (χ0) is 9.80. The second kappa shape index (κ2) is 3.74. The zero-order valence-electron chi connectivity index (χ0n) is 7.23. The van der Waals surface area contributed by atoms with Gasteiger partial charge in [-0.05, 0) is 12.1 Å². The van der Waals surface area contributed by atoms with E-state index in [0.717, 1.165) is 5.39 Å². The van der Waals surface area contributed by atoms with Crippen LogP contribution in [0.2, 0.25) is 0 Å². The van der Waals surface area contributed by atoms with Gasteiger partial charge in [0.15, 0.2) is 5.75 Å². The first-order valence-corrected chi connectivity index (χ1v) is 4.04. The number of amides is 1. The average Bonchev–Trinajstić information content (AvgIpc) is 2.26.